The van der Waals surface area contributed by atoms with Crippen LogP contribution in [0.2, 0.25) is 0 Å². The summed E-state index contributed by atoms with van der Waals surface area (Å²) in [6, 6.07) is 14.3. The zero-order valence-electron chi connectivity index (χ0n) is 16.4. The number of ether oxygens (including phenoxy) is 2. The third-order valence-electron chi connectivity index (χ3n) is 4.12. The van der Waals surface area contributed by atoms with Gasteiger partial charge in [0.25, 0.3) is 0 Å². The molecule has 0 heterocycles. The van der Waals surface area contributed by atoms with Crippen LogP contribution in [-0.2, 0) is 17.8 Å². The maximum atomic E-state index is 13.2. The van der Waals surface area contributed by atoms with Crippen LogP contribution in [0.4, 0.5) is 4.39 Å². The molecular weight excluding hydrogens is 345 g/mol. The van der Waals surface area contributed by atoms with E-state index in [-0.39, 0.29) is 5.82 Å². The summed E-state index contributed by atoms with van der Waals surface area (Å²) >= 11 is 0. The Hall–Kier alpha value is -1.95. The normalized spacial score (nSPS) is 12.6. The van der Waals surface area contributed by atoms with Crippen molar-refractivity contribution in [3.8, 4) is 5.75 Å². The number of methoxy groups -OCH3 is 1. The summed E-state index contributed by atoms with van der Waals surface area (Å²) < 4.78 is 23.9. The van der Waals surface area contributed by atoms with Crippen molar-refractivity contribution in [2.45, 2.75) is 33.0 Å². The number of benzene rings is 2. The SMILES string of the molecule is COc1ccc(CN(Cc2ccc(F)cc2)CC(O)COCC(C)C)cc1. The summed E-state index contributed by atoms with van der Waals surface area (Å²) in [7, 11) is 1.64. The number of halogens is 1. The van der Waals surface area contributed by atoms with Crippen molar-refractivity contribution in [1.82, 2.24) is 4.90 Å². The second-order valence-electron chi connectivity index (χ2n) is 7.23. The molecule has 4 nitrogen and oxygen atoms in total. The number of hydrogen-bond donors (Lipinski definition) is 1. The van der Waals surface area contributed by atoms with Gasteiger partial charge in [-0.1, -0.05) is 38.1 Å². The topological polar surface area (TPSA) is 41.9 Å². The lowest BCUT2D eigenvalue weighted by molar-refractivity contribution is 0.00554. The largest absolute Gasteiger partial charge is 0.497 e. The van der Waals surface area contributed by atoms with Gasteiger partial charge in [0, 0.05) is 26.2 Å². The first-order valence-electron chi connectivity index (χ1n) is 9.31. The van der Waals surface area contributed by atoms with E-state index < -0.39 is 6.10 Å². The molecule has 0 amide bonds. The van der Waals surface area contributed by atoms with Crippen LogP contribution in [0.5, 0.6) is 5.75 Å². The minimum atomic E-state index is -0.581. The van der Waals surface area contributed by atoms with E-state index in [0.29, 0.717) is 38.8 Å². The molecule has 2 aromatic rings. The first kappa shape index (κ1) is 21.4. The molecule has 0 saturated carbocycles. The molecule has 148 valence electrons. The van der Waals surface area contributed by atoms with Crippen molar-refractivity contribution in [1.29, 1.82) is 0 Å². The van der Waals surface area contributed by atoms with Crippen LogP contribution in [0.15, 0.2) is 48.5 Å². The highest BCUT2D eigenvalue weighted by Crippen LogP contribution is 2.15. The van der Waals surface area contributed by atoms with Crippen molar-refractivity contribution >= 4 is 0 Å². The van der Waals surface area contributed by atoms with Crippen molar-refractivity contribution in [2.75, 3.05) is 26.9 Å². The Kier molecular flexibility index (Phi) is 8.72. The molecule has 0 aliphatic rings. The molecular formula is C22H30FNO3. The van der Waals surface area contributed by atoms with E-state index in [4.69, 9.17) is 9.47 Å². The van der Waals surface area contributed by atoms with Gasteiger partial charge in [-0.3, -0.25) is 4.90 Å². The molecule has 5 heteroatoms. The summed E-state index contributed by atoms with van der Waals surface area (Å²) in [5.41, 5.74) is 2.12. The van der Waals surface area contributed by atoms with Gasteiger partial charge in [0.15, 0.2) is 0 Å². The van der Waals surface area contributed by atoms with E-state index in [2.05, 4.69) is 18.7 Å². The minimum absolute atomic E-state index is 0.248. The monoisotopic (exact) mass is 375 g/mol. The van der Waals surface area contributed by atoms with E-state index in [0.717, 1.165) is 16.9 Å². The van der Waals surface area contributed by atoms with E-state index in [1.807, 2.05) is 24.3 Å². The highest BCUT2D eigenvalue weighted by atomic mass is 19.1. The van der Waals surface area contributed by atoms with Crippen LogP contribution in [0.1, 0.15) is 25.0 Å². The van der Waals surface area contributed by atoms with E-state index in [9.17, 15) is 9.50 Å². The molecule has 2 aromatic carbocycles. The molecule has 27 heavy (non-hydrogen) atoms. The summed E-state index contributed by atoms with van der Waals surface area (Å²) in [5.74, 6) is 1.00. The summed E-state index contributed by atoms with van der Waals surface area (Å²) in [6.45, 7) is 6.86. The Morgan fingerprint density at radius 3 is 2.00 bits per heavy atom. The second kappa shape index (κ2) is 11.0. The average molecular weight is 375 g/mol. The fourth-order valence-electron chi connectivity index (χ4n) is 2.81. The number of aliphatic hydroxyl groups is 1. The Morgan fingerprint density at radius 1 is 0.926 bits per heavy atom. The lowest BCUT2D eigenvalue weighted by Gasteiger charge is -2.25. The highest BCUT2D eigenvalue weighted by molar-refractivity contribution is 5.27. The molecule has 0 radical (unpaired) electrons. The van der Waals surface area contributed by atoms with Crippen molar-refractivity contribution in [2.24, 2.45) is 5.92 Å². The third-order valence-corrected chi connectivity index (χ3v) is 4.12. The molecule has 2 rings (SSSR count). The van der Waals surface area contributed by atoms with Crippen LogP contribution in [0.3, 0.4) is 0 Å². The second-order valence-corrected chi connectivity index (χ2v) is 7.23. The number of aliphatic hydroxyl groups excluding tert-OH is 1. The molecule has 0 aliphatic heterocycles. The molecule has 1 N–H and O–H groups in total. The first-order valence-corrected chi connectivity index (χ1v) is 9.31. The fourth-order valence-corrected chi connectivity index (χ4v) is 2.81. The van der Waals surface area contributed by atoms with Gasteiger partial charge in [-0.05, 0) is 41.3 Å². The number of hydrogen-bond acceptors (Lipinski definition) is 4. The fraction of sp³-hybridized carbons (Fsp3) is 0.455. The molecule has 1 atom stereocenters. The van der Waals surface area contributed by atoms with Crippen LogP contribution in [0.25, 0.3) is 0 Å². The number of nitrogens with zero attached hydrogens (tertiary/aromatic N) is 1. The molecule has 0 aromatic heterocycles. The Balaban J connectivity index is 2.00. The molecule has 0 spiro atoms. The van der Waals surface area contributed by atoms with Gasteiger partial charge in [0.2, 0.25) is 0 Å². The first-order chi connectivity index (χ1) is 13.0. The van der Waals surface area contributed by atoms with Gasteiger partial charge in [-0.15, -0.1) is 0 Å². The van der Waals surface area contributed by atoms with Gasteiger partial charge in [0.1, 0.15) is 11.6 Å². The van der Waals surface area contributed by atoms with E-state index >= 15 is 0 Å². The maximum Gasteiger partial charge on any atom is 0.123 e. The van der Waals surface area contributed by atoms with Gasteiger partial charge in [-0.2, -0.15) is 0 Å². The Morgan fingerprint density at radius 2 is 1.48 bits per heavy atom. The minimum Gasteiger partial charge on any atom is -0.497 e. The van der Waals surface area contributed by atoms with Gasteiger partial charge in [0.05, 0.1) is 19.8 Å². The summed E-state index contributed by atoms with van der Waals surface area (Å²) in [4.78, 5) is 2.14. The summed E-state index contributed by atoms with van der Waals surface area (Å²) in [5, 5.41) is 10.4. The van der Waals surface area contributed by atoms with E-state index in [1.165, 1.54) is 12.1 Å². The van der Waals surface area contributed by atoms with Crippen molar-refractivity contribution in [3.05, 3.63) is 65.5 Å². The molecule has 0 aliphatic carbocycles. The predicted molar refractivity (Wildman–Crippen MR) is 105 cm³/mol. The van der Waals surface area contributed by atoms with Gasteiger partial charge >= 0.3 is 0 Å². The lowest BCUT2D eigenvalue weighted by atomic mass is 10.1. The van der Waals surface area contributed by atoms with Crippen LogP contribution in [-0.4, -0.2) is 43.0 Å². The zero-order chi connectivity index (χ0) is 19.6. The lowest BCUT2D eigenvalue weighted by Crippen LogP contribution is -2.34. The van der Waals surface area contributed by atoms with E-state index in [1.54, 1.807) is 19.2 Å². The Labute approximate surface area is 161 Å². The van der Waals surface area contributed by atoms with Gasteiger partial charge < -0.3 is 14.6 Å². The average Bonchev–Trinajstić information content (AvgIpc) is 2.64. The van der Waals surface area contributed by atoms with Crippen LogP contribution < -0.4 is 4.74 Å². The van der Waals surface area contributed by atoms with Crippen molar-refractivity contribution in [3.63, 3.8) is 0 Å². The molecule has 0 bridgehead atoms. The van der Waals surface area contributed by atoms with Crippen LogP contribution >= 0.6 is 0 Å². The Bertz CT molecular complexity index is 658. The molecule has 0 fully saturated rings. The maximum absolute atomic E-state index is 13.2. The highest BCUT2D eigenvalue weighted by Gasteiger charge is 2.14. The van der Waals surface area contributed by atoms with Crippen molar-refractivity contribution < 1.29 is 19.0 Å². The van der Waals surface area contributed by atoms with Crippen LogP contribution in [0, 0.1) is 11.7 Å². The van der Waals surface area contributed by atoms with Gasteiger partial charge in [-0.25, -0.2) is 4.39 Å². The summed E-state index contributed by atoms with van der Waals surface area (Å²) in [6.07, 6.45) is -0.581. The predicted octanol–water partition coefficient (Wildman–Crippen LogP) is 3.87. The number of rotatable bonds is 11. The molecule has 0 saturated heterocycles. The standard InChI is InChI=1S/C22H30FNO3/c1-17(2)15-27-16-21(25)14-24(12-18-4-8-20(23)9-5-18)13-19-6-10-22(26-3)11-7-19/h4-11,17,21,25H,12-16H2,1-3H3. The molecule has 1 unspecified atom stereocenters. The third kappa shape index (κ3) is 8.08. The zero-order valence-corrected chi connectivity index (χ0v) is 16.4. The quantitative estimate of drug-likeness (QED) is 0.647. The smallest absolute Gasteiger partial charge is 0.123 e.